The van der Waals surface area contributed by atoms with Gasteiger partial charge in [0.05, 0.1) is 6.04 Å². The Hall–Kier alpha value is -1.87. The van der Waals surface area contributed by atoms with Gasteiger partial charge in [-0.15, -0.1) is 0 Å². The molecule has 116 valence electrons. The van der Waals surface area contributed by atoms with Gasteiger partial charge in [0.2, 0.25) is 5.91 Å². The Bertz CT molecular complexity index is 627. The fourth-order valence-corrected chi connectivity index (χ4v) is 2.46. The number of halogens is 2. The first-order chi connectivity index (χ1) is 10.6. The second-order valence-corrected chi connectivity index (χ2v) is 5.61. The van der Waals surface area contributed by atoms with Crippen LogP contribution in [0.1, 0.15) is 36.9 Å². The fourth-order valence-electron chi connectivity index (χ4n) is 2.33. The molecule has 0 saturated carbocycles. The van der Waals surface area contributed by atoms with Crippen LogP contribution in [0.2, 0.25) is 5.02 Å². The smallest absolute Gasteiger partial charge is 0.220 e. The molecule has 22 heavy (non-hydrogen) atoms. The van der Waals surface area contributed by atoms with E-state index in [0.717, 1.165) is 12.0 Å². The first kappa shape index (κ1) is 16.5. The highest BCUT2D eigenvalue weighted by Crippen LogP contribution is 2.19. The average molecular weight is 320 g/mol. The zero-order valence-corrected chi connectivity index (χ0v) is 13.2. The normalized spacial score (nSPS) is 12.0. The van der Waals surface area contributed by atoms with Crippen molar-refractivity contribution in [2.24, 2.45) is 0 Å². The molecular weight excluding hydrogens is 301 g/mol. The van der Waals surface area contributed by atoms with Crippen LogP contribution in [0.5, 0.6) is 0 Å². The van der Waals surface area contributed by atoms with E-state index < -0.39 is 0 Å². The molecule has 0 heterocycles. The van der Waals surface area contributed by atoms with Crippen molar-refractivity contribution < 1.29 is 9.18 Å². The van der Waals surface area contributed by atoms with Gasteiger partial charge in [0.1, 0.15) is 5.82 Å². The van der Waals surface area contributed by atoms with Gasteiger partial charge in [-0.25, -0.2) is 4.39 Å². The summed E-state index contributed by atoms with van der Waals surface area (Å²) in [7, 11) is 0. The molecule has 0 spiro atoms. The summed E-state index contributed by atoms with van der Waals surface area (Å²) in [5, 5.41) is 3.66. The molecule has 1 unspecified atom stereocenters. The molecule has 0 aliphatic heterocycles. The summed E-state index contributed by atoms with van der Waals surface area (Å²) in [4.78, 5) is 12.1. The van der Waals surface area contributed by atoms with Crippen molar-refractivity contribution in [2.75, 3.05) is 0 Å². The molecule has 2 rings (SSSR count). The summed E-state index contributed by atoms with van der Waals surface area (Å²) >= 11 is 5.87. The molecule has 1 N–H and O–H groups in total. The van der Waals surface area contributed by atoms with Crippen LogP contribution in [0.25, 0.3) is 0 Å². The maximum Gasteiger partial charge on any atom is 0.220 e. The summed E-state index contributed by atoms with van der Waals surface area (Å²) in [6, 6.07) is 13.9. The lowest BCUT2D eigenvalue weighted by Crippen LogP contribution is -2.28. The minimum Gasteiger partial charge on any atom is -0.349 e. The molecule has 0 aromatic heterocycles. The molecular formula is C18H19ClFNO. The van der Waals surface area contributed by atoms with Gasteiger partial charge < -0.3 is 5.32 Å². The van der Waals surface area contributed by atoms with Crippen LogP contribution < -0.4 is 5.32 Å². The minimum absolute atomic E-state index is 0.0506. The van der Waals surface area contributed by atoms with Gasteiger partial charge in [-0.3, -0.25) is 4.79 Å². The van der Waals surface area contributed by atoms with Gasteiger partial charge in [0.15, 0.2) is 0 Å². The second kappa shape index (κ2) is 7.95. The fraction of sp³-hybridized carbons (Fsp3) is 0.278. The molecule has 0 fully saturated rings. The van der Waals surface area contributed by atoms with Crippen LogP contribution in [-0.4, -0.2) is 5.91 Å². The molecule has 0 radical (unpaired) electrons. The predicted molar refractivity (Wildman–Crippen MR) is 87.3 cm³/mol. The summed E-state index contributed by atoms with van der Waals surface area (Å²) in [5.41, 5.74) is 1.59. The quantitative estimate of drug-likeness (QED) is 0.823. The predicted octanol–water partition coefficient (Wildman–Crippen LogP) is 4.68. The maximum atomic E-state index is 13.5. The van der Waals surface area contributed by atoms with Crippen molar-refractivity contribution >= 4 is 17.5 Å². The molecule has 2 aromatic rings. The Kier molecular flexibility index (Phi) is 5.96. The third kappa shape index (κ3) is 4.57. The zero-order valence-electron chi connectivity index (χ0n) is 12.5. The maximum absolute atomic E-state index is 13.5. The number of amides is 1. The van der Waals surface area contributed by atoms with Crippen LogP contribution in [0.15, 0.2) is 48.5 Å². The summed E-state index contributed by atoms with van der Waals surface area (Å²) in [6.07, 6.45) is 1.45. The molecule has 1 atom stereocenters. The Labute approximate surface area is 135 Å². The minimum atomic E-state index is -0.264. The highest BCUT2D eigenvalue weighted by Gasteiger charge is 2.13. The lowest BCUT2D eigenvalue weighted by Gasteiger charge is -2.17. The van der Waals surface area contributed by atoms with E-state index in [4.69, 9.17) is 11.6 Å². The average Bonchev–Trinajstić information content (AvgIpc) is 2.53. The Morgan fingerprint density at radius 2 is 1.86 bits per heavy atom. The van der Waals surface area contributed by atoms with Gasteiger partial charge >= 0.3 is 0 Å². The summed E-state index contributed by atoms with van der Waals surface area (Å²) < 4.78 is 13.5. The topological polar surface area (TPSA) is 29.1 Å². The first-order valence-corrected chi connectivity index (χ1v) is 7.76. The van der Waals surface area contributed by atoms with Crippen LogP contribution >= 0.6 is 11.6 Å². The molecule has 0 bridgehead atoms. The number of benzene rings is 2. The van der Waals surface area contributed by atoms with Crippen molar-refractivity contribution in [1.29, 1.82) is 0 Å². The Balaban J connectivity index is 1.92. The first-order valence-electron chi connectivity index (χ1n) is 7.38. The Morgan fingerprint density at radius 1 is 1.18 bits per heavy atom. The number of aryl methyl sites for hydroxylation is 1. The SMILES string of the molecule is CCC(NC(=O)CCc1ccccc1F)c1ccc(Cl)cc1. The van der Waals surface area contributed by atoms with E-state index in [1.165, 1.54) is 6.07 Å². The van der Waals surface area contributed by atoms with Crippen molar-refractivity contribution in [1.82, 2.24) is 5.32 Å². The number of hydrogen-bond acceptors (Lipinski definition) is 1. The van der Waals surface area contributed by atoms with E-state index in [-0.39, 0.29) is 24.2 Å². The molecule has 2 aromatic carbocycles. The van der Waals surface area contributed by atoms with Gasteiger partial charge in [0, 0.05) is 11.4 Å². The molecule has 0 saturated heterocycles. The van der Waals surface area contributed by atoms with Crippen molar-refractivity contribution in [2.45, 2.75) is 32.2 Å². The number of carbonyl (C=O) groups is 1. The Morgan fingerprint density at radius 3 is 2.50 bits per heavy atom. The van der Waals surface area contributed by atoms with Crippen LogP contribution in [0, 0.1) is 5.82 Å². The van der Waals surface area contributed by atoms with Gasteiger partial charge in [-0.05, 0) is 42.2 Å². The zero-order chi connectivity index (χ0) is 15.9. The number of rotatable bonds is 6. The van der Waals surface area contributed by atoms with E-state index in [0.29, 0.717) is 17.0 Å². The standard InChI is InChI=1S/C18H19ClFNO/c1-2-17(14-7-10-15(19)11-8-14)21-18(22)12-9-13-5-3-4-6-16(13)20/h3-8,10-11,17H,2,9,12H2,1H3,(H,21,22). The van der Waals surface area contributed by atoms with Crippen LogP contribution in [0.3, 0.4) is 0 Å². The molecule has 0 aliphatic carbocycles. The second-order valence-electron chi connectivity index (χ2n) is 5.17. The van der Waals surface area contributed by atoms with Crippen LogP contribution in [-0.2, 0) is 11.2 Å². The number of hydrogen-bond donors (Lipinski definition) is 1. The third-order valence-corrected chi connectivity index (χ3v) is 3.85. The number of carbonyl (C=O) groups excluding carboxylic acids is 1. The summed E-state index contributed by atoms with van der Waals surface area (Å²) in [6.45, 7) is 2.01. The van der Waals surface area contributed by atoms with E-state index in [2.05, 4.69) is 5.32 Å². The van der Waals surface area contributed by atoms with Gasteiger partial charge in [-0.2, -0.15) is 0 Å². The van der Waals surface area contributed by atoms with Crippen molar-refractivity contribution in [3.05, 3.63) is 70.5 Å². The van der Waals surface area contributed by atoms with E-state index in [9.17, 15) is 9.18 Å². The van der Waals surface area contributed by atoms with Crippen molar-refractivity contribution in [3.8, 4) is 0 Å². The third-order valence-electron chi connectivity index (χ3n) is 3.60. The summed E-state index contributed by atoms with van der Waals surface area (Å²) in [5.74, 6) is -0.343. The monoisotopic (exact) mass is 319 g/mol. The lowest BCUT2D eigenvalue weighted by atomic mass is 10.0. The largest absolute Gasteiger partial charge is 0.349 e. The molecule has 2 nitrogen and oxygen atoms in total. The number of nitrogens with one attached hydrogen (secondary N) is 1. The molecule has 0 aliphatic rings. The van der Waals surface area contributed by atoms with Crippen molar-refractivity contribution in [3.63, 3.8) is 0 Å². The van der Waals surface area contributed by atoms with E-state index in [1.54, 1.807) is 18.2 Å². The molecule has 1 amide bonds. The highest BCUT2D eigenvalue weighted by molar-refractivity contribution is 6.30. The molecule has 4 heteroatoms. The van der Waals surface area contributed by atoms with E-state index in [1.807, 2.05) is 31.2 Å². The lowest BCUT2D eigenvalue weighted by molar-refractivity contribution is -0.121. The van der Waals surface area contributed by atoms with Gasteiger partial charge in [0.25, 0.3) is 0 Å². The van der Waals surface area contributed by atoms with Gasteiger partial charge in [-0.1, -0.05) is 48.9 Å². The van der Waals surface area contributed by atoms with E-state index >= 15 is 0 Å². The highest BCUT2D eigenvalue weighted by atomic mass is 35.5. The van der Waals surface area contributed by atoms with Crippen LogP contribution in [0.4, 0.5) is 4.39 Å².